The van der Waals surface area contributed by atoms with Crippen molar-refractivity contribution in [2.75, 3.05) is 23.7 Å². The average Bonchev–Trinajstić information content (AvgIpc) is 2.91. The maximum Gasteiger partial charge on any atom is 0.138 e. The lowest BCUT2D eigenvalue weighted by molar-refractivity contribution is 0.225. The minimum Gasteiger partial charge on any atom is -0.487 e. The summed E-state index contributed by atoms with van der Waals surface area (Å²) in [6.07, 6.45) is 1.07. The number of hydrogen-bond donors (Lipinski definition) is 1. The Morgan fingerprint density at radius 3 is 2.76 bits per heavy atom. The molecule has 0 amide bonds. The molecule has 0 aliphatic carbocycles. The summed E-state index contributed by atoms with van der Waals surface area (Å²) in [7, 11) is 0. The van der Waals surface area contributed by atoms with Crippen LogP contribution in [0.25, 0.3) is 0 Å². The van der Waals surface area contributed by atoms with Gasteiger partial charge in [0.25, 0.3) is 0 Å². The Morgan fingerprint density at radius 1 is 1.14 bits per heavy atom. The fraction of sp³-hybridized carbons (Fsp3) is 0.250. The third-order valence-corrected chi connectivity index (χ3v) is 4.10. The molecule has 1 saturated heterocycles. The number of halogens is 2. The maximum atomic E-state index is 6.15. The third-order valence-electron chi connectivity index (χ3n) is 3.57. The Hall–Kier alpha value is -1.58. The molecular weight excluding hydrogens is 307 g/mol. The van der Waals surface area contributed by atoms with E-state index in [9.17, 15) is 0 Å². The predicted molar refractivity (Wildman–Crippen MR) is 88.6 cm³/mol. The zero-order valence-corrected chi connectivity index (χ0v) is 12.9. The van der Waals surface area contributed by atoms with Gasteiger partial charge in [-0.25, -0.2) is 0 Å². The molecule has 2 N–H and O–H groups in total. The smallest absolute Gasteiger partial charge is 0.138 e. The highest BCUT2D eigenvalue weighted by atomic mass is 35.5. The Bertz CT molecular complexity index is 648. The van der Waals surface area contributed by atoms with Crippen molar-refractivity contribution in [1.29, 1.82) is 0 Å². The monoisotopic (exact) mass is 322 g/mol. The Balaban J connectivity index is 1.67. The van der Waals surface area contributed by atoms with Gasteiger partial charge in [-0.15, -0.1) is 0 Å². The highest BCUT2D eigenvalue weighted by Gasteiger charge is 2.25. The van der Waals surface area contributed by atoms with Gasteiger partial charge in [0.15, 0.2) is 0 Å². The average molecular weight is 323 g/mol. The van der Waals surface area contributed by atoms with Crippen LogP contribution in [0.5, 0.6) is 5.75 Å². The van der Waals surface area contributed by atoms with Gasteiger partial charge in [-0.1, -0.05) is 29.3 Å². The first-order chi connectivity index (χ1) is 10.1. The van der Waals surface area contributed by atoms with E-state index in [2.05, 4.69) is 11.0 Å². The van der Waals surface area contributed by atoms with Crippen LogP contribution in [-0.4, -0.2) is 19.2 Å². The van der Waals surface area contributed by atoms with E-state index in [0.29, 0.717) is 16.5 Å². The topological polar surface area (TPSA) is 38.5 Å². The number of ether oxygens (including phenoxy) is 1. The van der Waals surface area contributed by atoms with Crippen molar-refractivity contribution in [2.45, 2.75) is 12.5 Å². The molecule has 5 heteroatoms. The first-order valence-electron chi connectivity index (χ1n) is 6.84. The van der Waals surface area contributed by atoms with Gasteiger partial charge in [0.2, 0.25) is 0 Å². The standard InChI is InChI=1S/C16H16Cl2N2O/c17-11-2-1-3-13(8-11)20-7-6-14(10-20)21-16-5-4-12(19)9-15(16)18/h1-5,8-9,14H,6-7,10,19H2. The second kappa shape index (κ2) is 6.04. The van der Waals surface area contributed by atoms with Crippen LogP contribution < -0.4 is 15.4 Å². The summed E-state index contributed by atoms with van der Waals surface area (Å²) in [6.45, 7) is 1.76. The van der Waals surface area contributed by atoms with Gasteiger partial charge >= 0.3 is 0 Å². The van der Waals surface area contributed by atoms with Crippen LogP contribution in [-0.2, 0) is 0 Å². The van der Waals surface area contributed by atoms with Crippen LogP contribution in [0.3, 0.4) is 0 Å². The predicted octanol–water partition coefficient (Wildman–Crippen LogP) is 4.23. The first kappa shape index (κ1) is 14.4. The molecule has 3 rings (SSSR count). The van der Waals surface area contributed by atoms with Crippen molar-refractivity contribution in [3.05, 3.63) is 52.5 Å². The van der Waals surface area contributed by atoms with Gasteiger partial charge < -0.3 is 15.4 Å². The van der Waals surface area contributed by atoms with Crippen LogP contribution in [0.2, 0.25) is 10.0 Å². The van der Waals surface area contributed by atoms with E-state index < -0.39 is 0 Å². The highest BCUT2D eigenvalue weighted by molar-refractivity contribution is 6.32. The minimum atomic E-state index is 0.116. The number of hydrogen-bond acceptors (Lipinski definition) is 3. The summed E-state index contributed by atoms with van der Waals surface area (Å²) in [5.74, 6) is 0.684. The van der Waals surface area contributed by atoms with Gasteiger partial charge in [0, 0.05) is 29.4 Å². The summed E-state index contributed by atoms with van der Waals surface area (Å²) in [5, 5.41) is 1.30. The summed E-state index contributed by atoms with van der Waals surface area (Å²) in [4.78, 5) is 2.27. The molecule has 0 aromatic heterocycles. The van der Waals surface area contributed by atoms with Gasteiger partial charge in [0.05, 0.1) is 11.6 Å². The summed E-state index contributed by atoms with van der Waals surface area (Å²) in [6, 6.07) is 13.2. The zero-order chi connectivity index (χ0) is 14.8. The van der Waals surface area contributed by atoms with Crippen LogP contribution in [0.1, 0.15) is 6.42 Å². The molecule has 2 aromatic carbocycles. The van der Waals surface area contributed by atoms with E-state index in [1.54, 1.807) is 12.1 Å². The molecule has 1 fully saturated rings. The van der Waals surface area contributed by atoms with E-state index in [4.69, 9.17) is 33.7 Å². The van der Waals surface area contributed by atoms with Crippen molar-refractivity contribution in [1.82, 2.24) is 0 Å². The summed E-state index contributed by atoms with van der Waals surface area (Å²) >= 11 is 12.2. The first-order valence-corrected chi connectivity index (χ1v) is 7.59. The van der Waals surface area contributed by atoms with Gasteiger partial charge in [0.1, 0.15) is 11.9 Å². The molecule has 3 nitrogen and oxygen atoms in total. The van der Waals surface area contributed by atoms with Crippen LogP contribution in [0.4, 0.5) is 11.4 Å². The Kier molecular flexibility index (Phi) is 4.13. The van der Waals surface area contributed by atoms with Gasteiger partial charge in [-0.2, -0.15) is 0 Å². The lowest BCUT2D eigenvalue weighted by atomic mass is 10.3. The lowest BCUT2D eigenvalue weighted by Gasteiger charge is -2.19. The molecule has 0 radical (unpaired) electrons. The number of rotatable bonds is 3. The number of nitrogens with zero attached hydrogens (tertiary/aromatic N) is 1. The van der Waals surface area contributed by atoms with E-state index >= 15 is 0 Å². The van der Waals surface area contributed by atoms with E-state index in [1.165, 1.54) is 0 Å². The van der Waals surface area contributed by atoms with Crippen LogP contribution in [0, 0.1) is 0 Å². The molecule has 2 aromatic rings. The van der Waals surface area contributed by atoms with E-state index in [0.717, 1.165) is 30.2 Å². The number of nitrogens with two attached hydrogens (primary N) is 1. The molecule has 1 aliphatic rings. The maximum absolute atomic E-state index is 6.15. The lowest BCUT2D eigenvalue weighted by Crippen LogP contribution is -2.24. The van der Waals surface area contributed by atoms with Gasteiger partial charge in [-0.3, -0.25) is 0 Å². The van der Waals surface area contributed by atoms with E-state index in [-0.39, 0.29) is 6.10 Å². The molecule has 1 heterocycles. The largest absolute Gasteiger partial charge is 0.487 e. The van der Waals surface area contributed by atoms with Crippen molar-refractivity contribution in [3.8, 4) is 5.75 Å². The van der Waals surface area contributed by atoms with Crippen molar-refractivity contribution >= 4 is 34.6 Å². The van der Waals surface area contributed by atoms with E-state index in [1.807, 2.05) is 24.3 Å². The SMILES string of the molecule is Nc1ccc(OC2CCN(c3cccc(Cl)c3)C2)c(Cl)c1. The molecule has 0 bridgehead atoms. The second-order valence-electron chi connectivity index (χ2n) is 5.14. The van der Waals surface area contributed by atoms with Crippen LogP contribution in [0.15, 0.2) is 42.5 Å². The Labute approximate surface area is 134 Å². The highest BCUT2D eigenvalue weighted by Crippen LogP contribution is 2.30. The number of benzene rings is 2. The number of anilines is 2. The molecular formula is C16H16Cl2N2O. The fourth-order valence-electron chi connectivity index (χ4n) is 2.52. The normalized spacial score (nSPS) is 18.0. The summed E-state index contributed by atoms with van der Waals surface area (Å²) < 4.78 is 5.98. The molecule has 110 valence electrons. The molecule has 1 unspecified atom stereocenters. The van der Waals surface area contributed by atoms with Gasteiger partial charge in [-0.05, 0) is 36.4 Å². The molecule has 1 atom stereocenters. The third kappa shape index (κ3) is 3.36. The molecule has 0 saturated carbocycles. The zero-order valence-electron chi connectivity index (χ0n) is 11.4. The summed E-state index contributed by atoms with van der Waals surface area (Å²) in [5.41, 5.74) is 7.45. The minimum absolute atomic E-state index is 0.116. The van der Waals surface area contributed by atoms with Crippen molar-refractivity contribution in [2.24, 2.45) is 0 Å². The van der Waals surface area contributed by atoms with Crippen molar-refractivity contribution < 1.29 is 4.74 Å². The molecule has 21 heavy (non-hydrogen) atoms. The number of nitrogen functional groups attached to an aromatic ring is 1. The second-order valence-corrected chi connectivity index (χ2v) is 5.99. The van der Waals surface area contributed by atoms with Crippen molar-refractivity contribution in [3.63, 3.8) is 0 Å². The van der Waals surface area contributed by atoms with Crippen LogP contribution >= 0.6 is 23.2 Å². The molecule has 1 aliphatic heterocycles. The Morgan fingerprint density at radius 2 is 2.00 bits per heavy atom. The fourth-order valence-corrected chi connectivity index (χ4v) is 2.94. The molecule has 0 spiro atoms. The quantitative estimate of drug-likeness (QED) is 0.859.